The molecule has 1 fully saturated rings. The van der Waals surface area contributed by atoms with E-state index in [1.165, 1.54) is 23.5 Å². The Kier molecular flexibility index (Phi) is 5.39. The van der Waals surface area contributed by atoms with Crippen LogP contribution in [-0.2, 0) is 10.0 Å². The summed E-state index contributed by atoms with van der Waals surface area (Å²) in [5.41, 5.74) is 1.14. The largest absolute Gasteiger partial charge is 0.495 e. The number of hydrogen-bond acceptors (Lipinski definition) is 3. The molecule has 0 amide bonds. The van der Waals surface area contributed by atoms with E-state index in [9.17, 15) is 12.8 Å². The first kappa shape index (κ1) is 17.9. The van der Waals surface area contributed by atoms with Gasteiger partial charge in [-0.05, 0) is 42.5 Å². The summed E-state index contributed by atoms with van der Waals surface area (Å²) in [5.74, 6) is -0.284. The van der Waals surface area contributed by atoms with Gasteiger partial charge in [-0.25, -0.2) is 12.8 Å². The summed E-state index contributed by atoms with van der Waals surface area (Å²) in [5, 5.41) is 0. The monoisotopic (exact) mass is 363 g/mol. The zero-order chi connectivity index (χ0) is 17.9. The fraction of sp³-hybridized carbons (Fsp3) is 0.368. The molecular formula is C19H22FNO3S. The third-order valence-electron chi connectivity index (χ3n) is 4.65. The molecule has 4 nitrogen and oxygen atoms in total. The zero-order valence-corrected chi connectivity index (χ0v) is 15.0. The highest BCUT2D eigenvalue weighted by molar-refractivity contribution is 7.89. The summed E-state index contributed by atoms with van der Waals surface area (Å²) in [6.07, 6.45) is 2.70. The lowest BCUT2D eigenvalue weighted by atomic mass is 9.95. The molecule has 6 heteroatoms. The molecule has 1 aliphatic rings. The van der Waals surface area contributed by atoms with Gasteiger partial charge in [-0.1, -0.05) is 36.8 Å². The average molecular weight is 363 g/mol. The van der Waals surface area contributed by atoms with Gasteiger partial charge in [0.25, 0.3) is 0 Å². The second-order valence-corrected chi connectivity index (χ2v) is 8.17. The number of benzene rings is 2. The Hall–Kier alpha value is -1.92. The predicted octanol–water partition coefficient (Wildman–Crippen LogP) is 3.79. The maximum Gasteiger partial charge on any atom is 0.246 e. The van der Waals surface area contributed by atoms with Crippen molar-refractivity contribution in [2.45, 2.75) is 30.1 Å². The van der Waals surface area contributed by atoms with Gasteiger partial charge in [-0.3, -0.25) is 0 Å². The molecule has 2 aromatic rings. The first-order chi connectivity index (χ1) is 12.0. The van der Waals surface area contributed by atoms with Crippen LogP contribution in [0.3, 0.4) is 0 Å². The molecule has 0 bridgehead atoms. The number of halogens is 1. The highest BCUT2D eigenvalue weighted by Gasteiger charge is 2.32. The van der Waals surface area contributed by atoms with Crippen molar-refractivity contribution in [2.24, 2.45) is 0 Å². The molecular weight excluding hydrogens is 341 g/mol. The van der Waals surface area contributed by atoms with E-state index in [2.05, 4.69) is 0 Å². The third-order valence-corrected chi connectivity index (χ3v) is 6.53. The van der Waals surface area contributed by atoms with Crippen molar-refractivity contribution < 1.29 is 17.5 Å². The van der Waals surface area contributed by atoms with Gasteiger partial charge in [0.15, 0.2) is 0 Å². The Morgan fingerprint density at radius 2 is 1.88 bits per heavy atom. The summed E-state index contributed by atoms with van der Waals surface area (Å²) < 4.78 is 46.5. The van der Waals surface area contributed by atoms with E-state index < -0.39 is 15.8 Å². The fourth-order valence-corrected chi connectivity index (χ4v) is 5.01. The number of rotatable bonds is 4. The van der Waals surface area contributed by atoms with Crippen molar-refractivity contribution in [3.63, 3.8) is 0 Å². The van der Waals surface area contributed by atoms with Crippen molar-refractivity contribution in [3.05, 3.63) is 59.9 Å². The van der Waals surface area contributed by atoms with Crippen LogP contribution in [0.5, 0.6) is 5.75 Å². The summed E-state index contributed by atoms with van der Waals surface area (Å²) >= 11 is 0. The van der Waals surface area contributed by atoms with E-state index in [1.807, 2.05) is 30.3 Å². The summed E-state index contributed by atoms with van der Waals surface area (Å²) in [4.78, 5) is -0.108. The van der Waals surface area contributed by atoms with Crippen LogP contribution in [0.1, 0.15) is 30.7 Å². The maximum absolute atomic E-state index is 13.7. The number of hydrogen-bond donors (Lipinski definition) is 0. The van der Waals surface area contributed by atoms with E-state index in [4.69, 9.17) is 4.74 Å². The lowest BCUT2D eigenvalue weighted by Crippen LogP contribution is -2.34. The van der Waals surface area contributed by atoms with Gasteiger partial charge < -0.3 is 4.74 Å². The second kappa shape index (κ2) is 7.54. The van der Waals surface area contributed by atoms with Gasteiger partial charge in [-0.2, -0.15) is 4.31 Å². The Balaban J connectivity index is 1.95. The Morgan fingerprint density at radius 3 is 2.60 bits per heavy atom. The van der Waals surface area contributed by atoms with Crippen molar-refractivity contribution in [1.82, 2.24) is 4.31 Å². The minimum absolute atomic E-state index is 0.108. The summed E-state index contributed by atoms with van der Waals surface area (Å²) in [6.45, 7) is 0.831. The molecule has 0 N–H and O–H groups in total. The molecule has 0 spiro atoms. The van der Waals surface area contributed by atoms with Gasteiger partial charge in [0.05, 0.1) is 7.11 Å². The third kappa shape index (κ3) is 3.85. The SMILES string of the molecule is COc1ccc(F)cc1S(=O)(=O)N1CCCCC(c2ccccc2)C1. The van der Waals surface area contributed by atoms with E-state index in [1.54, 1.807) is 0 Å². The molecule has 25 heavy (non-hydrogen) atoms. The number of ether oxygens (including phenoxy) is 1. The minimum atomic E-state index is -3.82. The minimum Gasteiger partial charge on any atom is -0.495 e. The lowest BCUT2D eigenvalue weighted by molar-refractivity contribution is 0.384. The summed E-state index contributed by atoms with van der Waals surface area (Å²) in [6, 6.07) is 13.5. The van der Waals surface area contributed by atoms with E-state index in [-0.39, 0.29) is 16.6 Å². The van der Waals surface area contributed by atoms with Crippen LogP contribution in [0.4, 0.5) is 4.39 Å². The van der Waals surface area contributed by atoms with Crippen LogP contribution in [0, 0.1) is 5.82 Å². The Morgan fingerprint density at radius 1 is 1.12 bits per heavy atom. The first-order valence-electron chi connectivity index (χ1n) is 8.41. The molecule has 1 atom stereocenters. The Labute approximate surface area is 148 Å². The molecule has 1 saturated heterocycles. The van der Waals surface area contributed by atoms with Crippen molar-refractivity contribution in [2.75, 3.05) is 20.2 Å². The van der Waals surface area contributed by atoms with Gasteiger partial charge in [0, 0.05) is 13.1 Å². The first-order valence-corrected chi connectivity index (χ1v) is 9.85. The number of nitrogens with zero attached hydrogens (tertiary/aromatic N) is 1. The van der Waals surface area contributed by atoms with Gasteiger partial charge in [0.2, 0.25) is 10.0 Å². The fourth-order valence-electron chi connectivity index (χ4n) is 3.31. The van der Waals surface area contributed by atoms with Crippen LogP contribution in [0.2, 0.25) is 0 Å². The Bertz CT molecular complexity index is 824. The lowest BCUT2D eigenvalue weighted by Gasteiger charge is -2.25. The smallest absolute Gasteiger partial charge is 0.246 e. The molecule has 1 heterocycles. The van der Waals surface area contributed by atoms with Crippen LogP contribution in [0.25, 0.3) is 0 Å². The molecule has 0 saturated carbocycles. The van der Waals surface area contributed by atoms with Crippen LogP contribution < -0.4 is 4.74 Å². The van der Waals surface area contributed by atoms with Crippen molar-refractivity contribution >= 4 is 10.0 Å². The normalized spacial score (nSPS) is 19.4. The summed E-state index contributed by atoms with van der Waals surface area (Å²) in [7, 11) is -2.43. The van der Waals surface area contributed by atoms with Crippen molar-refractivity contribution in [3.8, 4) is 5.75 Å². The quantitative estimate of drug-likeness (QED) is 0.830. The van der Waals surface area contributed by atoms with Gasteiger partial charge >= 0.3 is 0 Å². The van der Waals surface area contributed by atoms with E-state index >= 15 is 0 Å². The topological polar surface area (TPSA) is 46.6 Å². The van der Waals surface area contributed by atoms with Gasteiger partial charge in [0.1, 0.15) is 16.5 Å². The van der Waals surface area contributed by atoms with E-state index in [0.29, 0.717) is 13.1 Å². The van der Waals surface area contributed by atoms with E-state index in [0.717, 1.165) is 30.9 Å². The predicted molar refractivity (Wildman–Crippen MR) is 94.7 cm³/mol. The highest BCUT2D eigenvalue weighted by atomic mass is 32.2. The molecule has 2 aromatic carbocycles. The van der Waals surface area contributed by atoms with Crippen LogP contribution in [0.15, 0.2) is 53.4 Å². The number of methoxy groups -OCH3 is 1. The van der Waals surface area contributed by atoms with Gasteiger partial charge in [-0.15, -0.1) is 0 Å². The molecule has 0 aromatic heterocycles. The number of sulfonamides is 1. The maximum atomic E-state index is 13.7. The standard InChI is InChI=1S/C19H22FNO3S/c1-24-18-11-10-17(20)13-19(18)25(22,23)21-12-6-5-9-16(14-21)15-7-3-2-4-8-15/h2-4,7-8,10-11,13,16H,5-6,9,12,14H2,1H3. The average Bonchev–Trinajstić information content (AvgIpc) is 2.89. The zero-order valence-electron chi connectivity index (χ0n) is 14.2. The molecule has 1 unspecified atom stereocenters. The highest BCUT2D eigenvalue weighted by Crippen LogP contribution is 2.32. The van der Waals surface area contributed by atoms with Crippen molar-refractivity contribution in [1.29, 1.82) is 0 Å². The molecule has 0 radical (unpaired) electrons. The molecule has 1 aliphatic heterocycles. The molecule has 134 valence electrons. The molecule has 3 rings (SSSR count). The molecule has 0 aliphatic carbocycles. The second-order valence-electron chi connectivity index (χ2n) is 6.26. The van der Waals surface area contributed by atoms with Crippen LogP contribution in [-0.4, -0.2) is 32.9 Å². The van der Waals surface area contributed by atoms with Crippen LogP contribution >= 0.6 is 0 Å².